The van der Waals surface area contributed by atoms with Crippen molar-refractivity contribution in [2.75, 3.05) is 17.6 Å². The molecule has 0 atom stereocenters. The van der Waals surface area contributed by atoms with Gasteiger partial charge in [-0.2, -0.15) is 0 Å². The minimum atomic E-state index is -0.288. The highest BCUT2D eigenvalue weighted by Gasteiger charge is 2.11. The van der Waals surface area contributed by atoms with Crippen molar-refractivity contribution >= 4 is 56.5 Å². The summed E-state index contributed by atoms with van der Waals surface area (Å²) < 4.78 is 2.71. The molecule has 2 aromatic heterocycles. The van der Waals surface area contributed by atoms with E-state index in [0.717, 1.165) is 17.4 Å². The van der Waals surface area contributed by atoms with E-state index in [4.69, 9.17) is 0 Å². The summed E-state index contributed by atoms with van der Waals surface area (Å²) in [6, 6.07) is 11.4. The number of thiophene rings is 1. The van der Waals surface area contributed by atoms with Crippen LogP contribution < -0.4 is 10.6 Å². The fourth-order valence-electron chi connectivity index (χ4n) is 2.31. The van der Waals surface area contributed by atoms with Gasteiger partial charge < -0.3 is 15.2 Å². The van der Waals surface area contributed by atoms with Crippen LogP contribution in [0.3, 0.4) is 0 Å². The standard InChI is InChI=1S/C18H18BrN5O2S2/c19-14-5-1-2-6-15(14)22-16(25)10-20-17(26)11-28-18-23-21-12-24(18)8-7-13-4-3-9-27-13/h1-6,9,12H,7-8,10-11H2,(H,20,26)(H,22,25). The number of para-hydroxylation sites is 1. The van der Waals surface area contributed by atoms with Crippen LogP contribution in [0.15, 0.2) is 57.7 Å². The van der Waals surface area contributed by atoms with E-state index in [2.05, 4.69) is 42.8 Å². The predicted octanol–water partition coefficient (Wildman–Crippen LogP) is 3.19. The number of carbonyl (C=O) groups excluding carboxylic acids is 2. The molecular weight excluding hydrogens is 462 g/mol. The maximum atomic E-state index is 12.0. The van der Waals surface area contributed by atoms with Crippen molar-refractivity contribution in [3.8, 4) is 0 Å². The van der Waals surface area contributed by atoms with Gasteiger partial charge in [-0.05, 0) is 45.9 Å². The maximum absolute atomic E-state index is 12.0. The smallest absolute Gasteiger partial charge is 0.243 e. The molecule has 3 rings (SSSR count). The number of carbonyl (C=O) groups is 2. The Morgan fingerprint density at radius 3 is 2.82 bits per heavy atom. The zero-order valence-electron chi connectivity index (χ0n) is 14.8. The SMILES string of the molecule is O=C(CSc1nncn1CCc1cccs1)NCC(=O)Nc1ccccc1Br. The Balaban J connectivity index is 1.40. The highest BCUT2D eigenvalue weighted by atomic mass is 79.9. The van der Waals surface area contributed by atoms with Crippen LogP contribution in [0.25, 0.3) is 0 Å². The highest BCUT2D eigenvalue weighted by Crippen LogP contribution is 2.21. The Bertz CT molecular complexity index is 930. The average molecular weight is 480 g/mol. The number of nitrogens with one attached hydrogen (secondary N) is 2. The first-order valence-corrected chi connectivity index (χ1v) is 11.1. The van der Waals surface area contributed by atoms with Gasteiger partial charge in [0.2, 0.25) is 11.8 Å². The topological polar surface area (TPSA) is 88.9 Å². The molecule has 7 nitrogen and oxygen atoms in total. The Labute approximate surface area is 179 Å². The van der Waals surface area contributed by atoms with E-state index in [1.54, 1.807) is 23.7 Å². The molecule has 0 radical (unpaired) electrons. The number of halogens is 1. The van der Waals surface area contributed by atoms with Crippen LogP contribution in [-0.2, 0) is 22.6 Å². The number of benzene rings is 1. The predicted molar refractivity (Wildman–Crippen MR) is 115 cm³/mol. The minimum absolute atomic E-state index is 0.0915. The van der Waals surface area contributed by atoms with Crippen LogP contribution in [-0.4, -0.2) is 38.9 Å². The average Bonchev–Trinajstić information content (AvgIpc) is 3.36. The zero-order valence-corrected chi connectivity index (χ0v) is 18.0. The zero-order chi connectivity index (χ0) is 19.8. The van der Waals surface area contributed by atoms with E-state index in [1.807, 2.05) is 34.2 Å². The summed E-state index contributed by atoms with van der Waals surface area (Å²) in [6.45, 7) is 0.664. The summed E-state index contributed by atoms with van der Waals surface area (Å²) in [5.41, 5.74) is 0.662. The number of amides is 2. The molecule has 0 saturated heterocycles. The molecule has 1 aromatic carbocycles. The largest absolute Gasteiger partial charge is 0.346 e. The van der Waals surface area contributed by atoms with E-state index in [0.29, 0.717) is 10.8 Å². The van der Waals surface area contributed by atoms with Gasteiger partial charge in [-0.3, -0.25) is 9.59 Å². The summed E-state index contributed by atoms with van der Waals surface area (Å²) in [5, 5.41) is 16.1. The summed E-state index contributed by atoms with van der Waals surface area (Å²) in [5.74, 6) is -0.357. The van der Waals surface area contributed by atoms with Crippen molar-refractivity contribution in [1.82, 2.24) is 20.1 Å². The Kier molecular flexibility index (Phi) is 7.63. The van der Waals surface area contributed by atoms with Gasteiger partial charge in [0.25, 0.3) is 0 Å². The molecule has 0 aliphatic carbocycles. The van der Waals surface area contributed by atoms with E-state index >= 15 is 0 Å². The molecule has 0 spiro atoms. The van der Waals surface area contributed by atoms with Gasteiger partial charge in [0.15, 0.2) is 5.16 Å². The van der Waals surface area contributed by atoms with Gasteiger partial charge >= 0.3 is 0 Å². The lowest BCUT2D eigenvalue weighted by Gasteiger charge is -2.08. The second-order valence-corrected chi connectivity index (χ2v) is 8.56. The molecule has 0 fully saturated rings. The number of hydrogen-bond acceptors (Lipinski definition) is 6. The fraction of sp³-hybridized carbons (Fsp3) is 0.222. The van der Waals surface area contributed by atoms with Gasteiger partial charge in [-0.15, -0.1) is 21.5 Å². The van der Waals surface area contributed by atoms with E-state index in [1.165, 1.54) is 16.6 Å². The fourth-order valence-corrected chi connectivity index (χ4v) is 4.17. The second kappa shape index (κ2) is 10.4. The van der Waals surface area contributed by atoms with Gasteiger partial charge in [0.05, 0.1) is 18.0 Å². The molecule has 28 heavy (non-hydrogen) atoms. The number of aromatic nitrogens is 3. The Morgan fingerprint density at radius 1 is 1.18 bits per heavy atom. The molecular formula is C18H18BrN5O2S2. The van der Waals surface area contributed by atoms with E-state index in [-0.39, 0.29) is 24.1 Å². The van der Waals surface area contributed by atoms with Crippen molar-refractivity contribution in [3.05, 3.63) is 57.5 Å². The minimum Gasteiger partial charge on any atom is -0.346 e. The third-order valence-electron chi connectivity index (χ3n) is 3.69. The van der Waals surface area contributed by atoms with Gasteiger partial charge in [0, 0.05) is 15.9 Å². The highest BCUT2D eigenvalue weighted by molar-refractivity contribution is 9.10. The van der Waals surface area contributed by atoms with Crippen molar-refractivity contribution in [2.24, 2.45) is 0 Å². The van der Waals surface area contributed by atoms with Crippen LogP contribution in [0.4, 0.5) is 5.69 Å². The Morgan fingerprint density at radius 2 is 2.04 bits per heavy atom. The van der Waals surface area contributed by atoms with Crippen LogP contribution in [0.1, 0.15) is 4.88 Å². The van der Waals surface area contributed by atoms with E-state index < -0.39 is 0 Å². The van der Waals surface area contributed by atoms with Crippen molar-refractivity contribution < 1.29 is 9.59 Å². The third-order valence-corrected chi connectivity index (χ3v) is 6.29. The second-order valence-electron chi connectivity index (χ2n) is 5.73. The first kappa shape index (κ1) is 20.6. The molecule has 0 bridgehead atoms. The molecule has 2 N–H and O–H groups in total. The van der Waals surface area contributed by atoms with Crippen molar-refractivity contribution in [3.63, 3.8) is 0 Å². The molecule has 0 unspecified atom stereocenters. The van der Waals surface area contributed by atoms with Crippen LogP contribution in [0.2, 0.25) is 0 Å². The van der Waals surface area contributed by atoms with E-state index in [9.17, 15) is 9.59 Å². The summed E-state index contributed by atoms with van der Waals surface area (Å²) in [6.07, 6.45) is 2.56. The van der Waals surface area contributed by atoms with Crippen molar-refractivity contribution in [2.45, 2.75) is 18.1 Å². The third kappa shape index (κ3) is 6.18. The molecule has 0 saturated carbocycles. The molecule has 3 aromatic rings. The lowest BCUT2D eigenvalue weighted by Crippen LogP contribution is -2.34. The lowest BCUT2D eigenvalue weighted by atomic mass is 10.3. The lowest BCUT2D eigenvalue weighted by molar-refractivity contribution is -0.122. The molecule has 2 heterocycles. The normalized spacial score (nSPS) is 10.6. The maximum Gasteiger partial charge on any atom is 0.243 e. The molecule has 10 heteroatoms. The number of rotatable bonds is 9. The van der Waals surface area contributed by atoms with Gasteiger partial charge in [-0.1, -0.05) is 30.0 Å². The van der Waals surface area contributed by atoms with Gasteiger partial charge in [-0.25, -0.2) is 0 Å². The van der Waals surface area contributed by atoms with Crippen LogP contribution in [0, 0.1) is 0 Å². The summed E-state index contributed by atoms with van der Waals surface area (Å²) in [4.78, 5) is 25.3. The van der Waals surface area contributed by atoms with Gasteiger partial charge in [0.1, 0.15) is 6.33 Å². The Hall–Kier alpha value is -2.17. The monoisotopic (exact) mass is 479 g/mol. The quantitative estimate of drug-likeness (QED) is 0.460. The number of nitrogens with zero attached hydrogens (tertiary/aromatic N) is 3. The number of hydrogen-bond donors (Lipinski definition) is 2. The first-order chi connectivity index (χ1) is 13.6. The summed E-state index contributed by atoms with van der Waals surface area (Å²) in [7, 11) is 0. The number of aryl methyl sites for hydroxylation is 2. The first-order valence-electron chi connectivity index (χ1n) is 8.46. The molecule has 0 aliphatic heterocycles. The molecule has 0 aliphatic rings. The van der Waals surface area contributed by atoms with Crippen molar-refractivity contribution in [1.29, 1.82) is 0 Å². The number of thioether (sulfide) groups is 1. The molecule has 146 valence electrons. The molecule has 2 amide bonds. The van der Waals surface area contributed by atoms with Crippen LogP contribution >= 0.6 is 39.0 Å². The van der Waals surface area contributed by atoms with Crippen LogP contribution in [0.5, 0.6) is 0 Å². The number of anilines is 1. The summed E-state index contributed by atoms with van der Waals surface area (Å²) >= 11 is 6.38.